The highest BCUT2D eigenvalue weighted by atomic mass is 16.5. The number of carbonyl (C=O) groups is 2. The van der Waals surface area contributed by atoms with Crippen LogP contribution in [0.25, 0.3) is 0 Å². The quantitative estimate of drug-likeness (QED) is 0.698. The van der Waals surface area contributed by atoms with Crippen LogP contribution >= 0.6 is 0 Å². The van der Waals surface area contributed by atoms with E-state index in [2.05, 4.69) is 30.6 Å². The third kappa shape index (κ3) is 4.96. The maximum atomic E-state index is 11.8. The minimum absolute atomic E-state index is 0.116. The van der Waals surface area contributed by atoms with E-state index in [-0.39, 0.29) is 18.5 Å². The van der Waals surface area contributed by atoms with Gasteiger partial charge in [-0.1, -0.05) is 0 Å². The van der Waals surface area contributed by atoms with Crippen LogP contribution < -0.4 is 10.2 Å². The standard InChI is InChI=1S/C14H19N7O2.CH2O2/c1-3-15-14(22)10-4-5-12(16-8-10)21-6-7-23-11(9-21)13-17-19-20(2)18-13;2-1-3/h4-5,8,11H,3,6-7,9H2,1-2H3,(H,15,22);1H,(H,2,3). The van der Waals surface area contributed by atoms with E-state index in [1.165, 1.54) is 4.80 Å². The Bertz CT molecular complexity index is 719. The normalized spacial score (nSPS) is 16.4. The molecule has 0 radical (unpaired) electrons. The van der Waals surface area contributed by atoms with Crippen molar-refractivity contribution in [3.05, 3.63) is 29.7 Å². The fourth-order valence-electron chi connectivity index (χ4n) is 2.41. The fraction of sp³-hybridized carbons (Fsp3) is 0.467. The molecular formula is C15H21N7O4. The number of morpholine rings is 1. The van der Waals surface area contributed by atoms with Crippen LogP contribution in [-0.2, 0) is 16.6 Å². The molecule has 1 amide bonds. The van der Waals surface area contributed by atoms with Gasteiger partial charge >= 0.3 is 0 Å². The number of aryl methyl sites for hydroxylation is 1. The van der Waals surface area contributed by atoms with E-state index in [0.717, 1.165) is 12.4 Å². The van der Waals surface area contributed by atoms with Crippen LogP contribution in [0.3, 0.4) is 0 Å². The van der Waals surface area contributed by atoms with Gasteiger partial charge in [0.25, 0.3) is 12.4 Å². The van der Waals surface area contributed by atoms with Gasteiger partial charge < -0.3 is 20.1 Å². The van der Waals surface area contributed by atoms with Gasteiger partial charge in [-0.25, -0.2) is 4.98 Å². The summed E-state index contributed by atoms with van der Waals surface area (Å²) in [5.41, 5.74) is 0.552. The molecule has 0 bridgehead atoms. The molecule has 0 aliphatic carbocycles. The van der Waals surface area contributed by atoms with Crippen LogP contribution in [0.5, 0.6) is 0 Å². The number of ether oxygens (including phenoxy) is 1. The number of hydrogen-bond donors (Lipinski definition) is 2. The smallest absolute Gasteiger partial charge is 0.290 e. The molecule has 1 saturated heterocycles. The number of carboxylic acid groups (broad SMARTS) is 1. The Hall–Kier alpha value is -3.08. The molecule has 0 spiro atoms. The topological polar surface area (TPSA) is 135 Å². The van der Waals surface area contributed by atoms with Gasteiger partial charge in [-0.3, -0.25) is 9.59 Å². The third-order valence-electron chi connectivity index (χ3n) is 3.55. The molecule has 11 heteroatoms. The third-order valence-corrected chi connectivity index (χ3v) is 3.55. The summed E-state index contributed by atoms with van der Waals surface area (Å²) < 4.78 is 5.71. The minimum atomic E-state index is -0.250. The molecule has 0 aromatic carbocycles. The number of nitrogens with one attached hydrogen (secondary N) is 1. The fourth-order valence-corrected chi connectivity index (χ4v) is 2.41. The molecule has 1 aliphatic heterocycles. The number of hydrogen-bond acceptors (Lipinski definition) is 8. The van der Waals surface area contributed by atoms with Crippen molar-refractivity contribution in [2.45, 2.75) is 13.0 Å². The van der Waals surface area contributed by atoms with E-state index in [4.69, 9.17) is 14.6 Å². The second kappa shape index (κ2) is 9.42. The first-order valence-electron chi connectivity index (χ1n) is 8.01. The van der Waals surface area contributed by atoms with Gasteiger partial charge in [-0.2, -0.15) is 4.80 Å². The lowest BCUT2D eigenvalue weighted by Gasteiger charge is -2.32. The Kier molecular flexibility index (Phi) is 6.97. The van der Waals surface area contributed by atoms with Gasteiger partial charge in [0, 0.05) is 19.3 Å². The number of pyridine rings is 1. The summed E-state index contributed by atoms with van der Waals surface area (Å²) in [7, 11) is 1.72. The maximum absolute atomic E-state index is 11.8. The molecule has 0 saturated carbocycles. The summed E-state index contributed by atoms with van der Waals surface area (Å²) in [4.78, 5) is 28.0. The van der Waals surface area contributed by atoms with Crippen LogP contribution in [0.2, 0.25) is 0 Å². The number of nitrogens with zero attached hydrogens (tertiary/aromatic N) is 6. The molecule has 1 aliphatic rings. The Morgan fingerprint density at radius 3 is 2.85 bits per heavy atom. The lowest BCUT2D eigenvalue weighted by atomic mass is 10.2. The number of tetrazole rings is 1. The average Bonchev–Trinajstić information content (AvgIpc) is 3.09. The SMILES string of the molecule is CCNC(=O)c1ccc(N2CCOC(c3nnn(C)n3)C2)nc1.O=CO. The monoisotopic (exact) mass is 363 g/mol. The Morgan fingerprint density at radius 1 is 1.50 bits per heavy atom. The van der Waals surface area contributed by atoms with E-state index in [9.17, 15) is 4.79 Å². The number of carbonyl (C=O) groups excluding carboxylic acids is 1. The van der Waals surface area contributed by atoms with Gasteiger partial charge in [-0.05, 0) is 24.3 Å². The van der Waals surface area contributed by atoms with E-state index in [0.29, 0.717) is 31.1 Å². The molecule has 1 fully saturated rings. The lowest BCUT2D eigenvalue weighted by molar-refractivity contribution is -0.122. The van der Waals surface area contributed by atoms with E-state index >= 15 is 0 Å². The van der Waals surface area contributed by atoms with Crippen LogP contribution in [-0.4, -0.2) is 68.9 Å². The number of anilines is 1. The van der Waals surface area contributed by atoms with E-state index in [1.807, 2.05) is 13.0 Å². The number of rotatable bonds is 4. The van der Waals surface area contributed by atoms with Crippen LogP contribution in [0.4, 0.5) is 5.82 Å². The summed E-state index contributed by atoms with van der Waals surface area (Å²) in [6.45, 7) is 4.11. The van der Waals surface area contributed by atoms with Gasteiger partial charge in [0.1, 0.15) is 11.9 Å². The van der Waals surface area contributed by atoms with E-state index < -0.39 is 0 Å². The van der Waals surface area contributed by atoms with Crippen molar-refractivity contribution in [1.82, 2.24) is 30.5 Å². The van der Waals surface area contributed by atoms with Crippen molar-refractivity contribution in [2.75, 3.05) is 31.1 Å². The van der Waals surface area contributed by atoms with Gasteiger partial charge in [-0.15, -0.1) is 10.2 Å². The molecule has 2 aromatic rings. The van der Waals surface area contributed by atoms with Crippen molar-refractivity contribution < 1.29 is 19.4 Å². The predicted molar refractivity (Wildman–Crippen MR) is 90.6 cm³/mol. The Labute approximate surface area is 150 Å². The first-order valence-corrected chi connectivity index (χ1v) is 8.01. The maximum Gasteiger partial charge on any atom is 0.290 e. The van der Waals surface area contributed by atoms with E-state index in [1.54, 1.807) is 19.3 Å². The summed E-state index contributed by atoms with van der Waals surface area (Å²) in [6, 6.07) is 3.62. The molecule has 2 N–H and O–H groups in total. The largest absolute Gasteiger partial charge is 0.483 e. The van der Waals surface area contributed by atoms with Gasteiger partial charge in [0.15, 0.2) is 0 Å². The average molecular weight is 363 g/mol. The second-order valence-electron chi connectivity index (χ2n) is 5.31. The molecule has 140 valence electrons. The van der Waals surface area contributed by atoms with Crippen molar-refractivity contribution in [1.29, 1.82) is 0 Å². The zero-order valence-corrected chi connectivity index (χ0v) is 14.6. The van der Waals surface area contributed by atoms with Gasteiger partial charge in [0.2, 0.25) is 5.82 Å². The van der Waals surface area contributed by atoms with Crippen LogP contribution in [0.15, 0.2) is 18.3 Å². The van der Waals surface area contributed by atoms with Crippen molar-refractivity contribution in [3.63, 3.8) is 0 Å². The predicted octanol–water partition coefficient (Wildman–Crippen LogP) is -0.366. The minimum Gasteiger partial charge on any atom is -0.483 e. The van der Waals surface area contributed by atoms with Crippen molar-refractivity contribution >= 4 is 18.2 Å². The van der Waals surface area contributed by atoms with Crippen LogP contribution in [0.1, 0.15) is 29.2 Å². The number of amides is 1. The number of aromatic nitrogens is 5. The zero-order valence-electron chi connectivity index (χ0n) is 14.6. The second-order valence-corrected chi connectivity index (χ2v) is 5.31. The molecule has 11 nitrogen and oxygen atoms in total. The van der Waals surface area contributed by atoms with Crippen LogP contribution in [0, 0.1) is 0 Å². The molecule has 26 heavy (non-hydrogen) atoms. The summed E-state index contributed by atoms with van der Waals surface area (Å²) in [5.74, 6) is 1.25. The highest BCUT2D eigenvalue weighted by Crippen LogP contribution is 2.22. The first kappa shape index (κ1) is 19.2. The van der Waals surface area contributed by atoms with Crippen molar-refractivity contribution in [3.8, 4) is 0 Å². The highest BCUT2D eigenvalue weighted by Gasteiger charge is 2.26. The summed E-state index contributed by atoms with van der Waals surface area (Å²) in [6.07, 6.45) is 1.35. The van der Waals surface area contributed by atoms with Crippen molar-refractivity contribution in [2.24, 2.45) is 7.05 Å². The molecule has 3 rings (SSSR count). The lowest BCUT2D eigenvalue weighted by Crippen LogP contribution is -2.39. The first-order chi connectivity index (χ1) is 12.6. The molecule has 3 heterocycles. The highest BCUT2D eigenvalue weighted by molar-refractivity contribution is 5.93. The summed E-state index contributed by atoms with van der Waals surface area (Å²) >= 11 is 0. The Morgan fingerprint density at radius 2 is 2.27 bits per heavy atom. The molecule has 2 aromatic heterocycles. The molecular weight excluding hydrogens is 342 g/mol. The molecule has 1 unspecified atom stereocenters. The Balaban J connectivity index is 0.000000758. The van der Waals surface area contributed by atoms with Gasteiger partial charge in [0.05, 0.1) is 25.8 Å². The summed E-state index contributed by atoms with van der Waals surface area (Å²) in [5, 5.41) is 21.7. The molecule has 1 atom stereocenters. The zero-order chi connectivity index (χ0) is 18.9.